The molecular formula is C16H24N4O11. The zero-order valence-electron chi connectivity index (χ0n) is 16.0. The minimum absolute atomic E-state index is 0.558. The van der Waals surface area contributed by atoms with Crippen LogP contribution in [0.4, 0.5) is 0 Å². The highest BCUT2D eigenvalue weighted by Crippen LogP contribution is 2.36. The van der Waals surface area contributed by atoms with Gasteiger partial charge in [-0.1, -0.05) is 0 Å². The highest BCUT2D eigenvalue weighted by atomic mass is 16.7. The number of H-pyrrole nitrogens is 1. The molecule has 0 aromatic carbocycles. The Morgan fingerprint density at radius 2 is 1.90 bits per heavy atom. The molecule has 15 nitrogen and oxygen atoms in total. The summed E-state index contributed by atoms with van der Waals surface area (Å²) >= 11 is 0. The molecule has 2 saturated heterocycles. The summed E-state index contributed by atoms with van der Waals surface area (Å²) in [6, 6.07) is 1.00. The van der Waals surface area contributed by atoms with Crippen LogP contribution in [0, 0.1) is 0 Å². The summed E-state index contributed by atoms with van der Waals surface area (Å²) in [6.45, 7) is -1.18. The quantitative estimate of drug-likeness (QED) is 0.152. The Labute approximate surface area is 173 Å². The fourth-order valence-corrected chi connectivity index (χ4v) is 3.67. The van der Waals surface area contributed by atoms with E-state index in [1.54, 1.807) is 0 Å². The largest absolute Gasteiger partial charge is 0.456 e. The molecule has 15 heteroatoms. The van der Waals surface area contributed by atoms with Gasteiger partial charge in [0, 0.05) is 12.3 Å². The number of ether oxygens (including phenoxy) is 3. The topological polar surface area (TPSA) is 242 Å². The van der Waals surface area contributed by atoms with Gasteiger partial charge in [-0.3, -0.25) is 24.0 Å². The summed E-state index contributed by atoms with van der Waals surface area (Å²) in [5, 5.41) is 40.6. The summed E-state index contributed by atoms with van der Waals surface area (Å²) in [7, 11) is 0. The number of aliphatic hydroxyl groups is 4. The van der Waals surface area contributed by atoms with E-state index in [0.29, 0.717) is 0 Å². The van der Waals surface area contributed by atoms with Crippen molar-refractivity contribution in [3.63, 3.8) is 0 Å². The summed E-state index contributed by atoms with van der Waals surface area (Å²) in [5.41, 5.74) is 3.68. The number of hydrogen-bond acceptors (Lipinski definition) is 13. The number of nitrogens with one attached hydrogen (secondary N) is 1. The van der Waals surface area contributed by atoms with E-state index in [-0.39, 0.29) is 0 Å². The Bertz CT molecular complexity index is 891. The Morgan fingerprint density at radius 1 is 1.19 bits per heavy atom. The van der Waals surface area contributed by atoms with Crippen LogP contribution < -0.4 is 22.9 Å². The average molecular weight is 448 g/mol. The highest BCUT2D eigenvalue weighted by molar-refractivity contribution is 5.71. The molecule has 9 atom stereocenters. The van der Waals surface area contributed by atoms with Gasteiger partial charge >= 0.3 is 11.7 Å². The van der Waals surface area contributed by atoms with Crippen LogP contribution in [0.3, 0.4) is 0 Å². The van der Waals surface area contributed by atoms with Gasteiger partial charge in [0.15, 0.2) is 12.3 Å². The number of nitrogens with zero attached hydrogens (tertiary/aromatic N) is 1. The Hall–Kier alpha value is -2.21. The number of nitrogens with two attached hydrogens (primary N) is 2. The summed E-state index contributed by atoms with van der Waals surface area (Å²) in [6.07, 6.45) is -12.1. The van der Waals surface area contributed by atoms with E-state index in [2.05, 4.69) is 0 Å². The SMILES string of the molecule is NCC(=O)O[C@@H](C1O[C@H](CO)[C@@H](O)[C@H]1ON)[C@H]1O[C@@H](n2ccc(=O)[nH]c2=O)[C@H](O)[C@@H]1O. The lowest BCUT2D eigenvalue weighted by Crippen LogP contribution is -2.53. The minimum atomic E-state index is -1.72. The molecule has 0 aliphatic carbocycles. The number of carbonyl (C=O) groups is 1. The van der Waals surface area contributed by atoms with Gasteiger partial charge in [0.1, 0.15) is 42.7 Å². The van der Waals surface area contributed by atoms with Gasteiger partial charge in [0.05, 0.1) is 13.2 Å². The van der Waals surface area contributed by atoms with Gasteiger partial charge in [0.2, 0.25) is 0 Å². The standard InChI is InChI=1S/C16H24N4O11/c17-3-7(23)29-13(14-12(31-18)8(24)5(4-21)28-14)11-9(25)10(26)15(30-11)20-2-1-6(22)19-16(20)27/h1-2,5,8-15,21,24-26H,3-4,17-18H2,(H,19,22,27)/t5-,8-,9+,10-,11+,12-,13-,14?,15-/m1/s1. The normalized spacial score (nSPS) is 36.5. The maximum absolute atomic E-state index is 12.1. The molecule has 2 fully saturated rings. The van der Waals surface area contributed by atoms with E-state index in [0.717, 1.165) is 16.8 Å². The van der Waals surface area contributed by atoms with Crippen molar-refractivity contribution in [1.82, 2.24) is 9.55 Å². The van der Waals surface area contributed by atoms with Gasteiger partial charge in [-0.2, -0.15) is 0 Å². The fourth-order valence-electron chi connectivity index (χ4n) is 3.67. The smallest absolute Gasteiger partial charge is 0.330 e. The first kappa shape index (κ1) is 23.5. The monoisotopic (exact) mass is 448 g/mol. The zero-order valence-corrected chi connectivity index (χ0v) is 16.0. The first-order valence-electron chi connectivity index (χ1n) is 9.26. The molecule has 1 aromatic rings. The molecule has 1 unspecified atom stereocenters. The number of aromatic amines is 1. The second-order valence-electron chi connectivity index (χ2n) is 7.06. The number of aromatic nitrogens is 2. The van der Waals surface area contributed by atoms with Gasteiger partial charge in [-0.25, -0.2) is 10.7 Å². The highest BCUT2D eigenvalue weighted by Gasteiger charge is 2.57. The van der Waals surface area contributed by atoms with Crippen LogP contribution in [0.25, 0.3) is 0 Å². The number of esters is 1. The van der Waals surface area contributed by atoms with Crippen molar-refractivity contribution >= 4 is 5.97 Å². The molecule has 3 heterocycles. The van der Waals surface area contributed by atoms with Crippen molar-refractivity contribution in [3.05, 3.63) is 33.1 Å². The molecule has 1 aromatic heterocycles. The Kier molecular flexibility index (Phi) is 7.20. The van der Waals surface area contributed by atoms with Crippen molar-refractivity contribution in [2.24, 2.45) is 11.6 Å². The van der Waals surface area contributed by atoms with E-state index in [4.69, 9.17) is 30.7 Å². The van der Waals surface area contributed by atoms with Crippen molar-refractivity contribution in [3.8, 4) is 0 Å². The maximum atomic E-state index is 12.1. The predicted octanol–water partition coefficient (Wildman–Crippen LogP) is -5.59. The molecule has 0 spiro atoms. The number of rotatable bonds is 7. The summed E-state index contributed by atoms with van der Waals surface area (Å²) in [5.74, 6) is 4.28. The lowest BCUT2D eigenvalue weighted by atomic mass is 9.96. The predicted molar refractivity (Wildman–Crippen MR) is 97.0 cm³/mol. The van der Waals surface area contributed by atoms with Gasteiger partial charge < -0.3 is 40.4 Å². The third-order valence-corrected chi connectivity index (χ3v) is 5.19. The average Bonchev–Trinajstić information content (AvgIpc) is 3.22. The van der Waals surface area contributed by atoms with E-state index in [1.807, 2.05) is 4.98 Å². The van der Waals surface area contributed by atoms with Crippen molar-refractivity contribution < 1.29 is 44.3 Å². The number of aliphatic hydroxyl groups excluding tert-OH is 4. The molecular weight excluding hydrogens is 424 g/mol. The molecule has 31 heavy (non-hydrogen) atoms. The van der Waals surface area contributed by atoms with E-state index >= 15 is 0 Å². The van der Waals surface area contributed by atoms with Crippen LogP contribution in [0.1, 0.15) is 6.23 Å². The van der Waals surface area contributed by atoms with Gasteiger partial charge in [-0.05, 0) is 0 Å². The Balaban J connectivity index is 1.94. The first-order chi connectivity index (χ1) is 14.7. The molecule has 174 valence electrons. The van der Waals surface area contributed by atoms with Crippen molar-refractivity contribution in [1.29, 1.82) is 0 Å². The lowest BCUT2D eigenvalue weighted by Gasteiger charge is -2.32. The van der Waals surface area contributed by atoms with E-state index < -0.39 is 85.4 Å². The lowest BCUT2D eigenvalue weighted by molar-refractivity contribution is -0.188. The Morgan fingerprint density at radius 3 is 2.48 bits per heavy atom. The van der Waals surface area contributed by atoms with Crippen LogP contribution >= 0.6 is 0 Å². The van der Waals surface area contributed by atoms with E-state index in [1.165, 1.54) is 0 Å². The second-order valence-corrected chi connectivity index (χ2v) is 7.06. The molecule has 0 radical (unpaired) electrons. The van der Waals surface area contributed by atoms with Crippen LogP contribution in [-0.2, 0) is 23.8 Å². The molecule has 2 aliphatic rings. The molecule has 0 bridgehead atoms. The van der Waals surface area contributed by atoms with Gasteiger partial charge in [-0.15, -0.1) is 0 Å². The second kappa shape index (κ2) is 9.51. The van der Waals surface area contributed by atoms with Crippen LogP contribution in [0.5, 0.6) is 0 Å². The number of carbonyl (C=O) groups excluding carboxylic acids is 1. The van der Waals surface area contributed by atoms with Crippen LogP contribution in [-0.4, -0.2) is 97.9 Å². The molecule has 9 N–H and O–H groups in total. The number of hydrogen-bond donors (Lipinski definition) is 7. The van der Waals surface area contributed by atoms with Crippen molar-refractivity contribution in [2.45, 2.75) is 55.1 Å². The molecule has 2 aliphatic heterocycles. The zero-order chi connectivity index (χ0) is 22.9. The first-order valence-corrected chi connectivity index (χ1v) is 9.26. The third-order valence-electron chi connectivity index (χ3n) is 5.19. The third kappa shape index (κ3) is 4.40. The molecule has 3 rings (SSSR count). The van der Waals surface area contributed by atoms with Crippen LogP contribution in [0.2, 0.25) is 0 Å². The molecule has 0 amide bonds. The van der Waals surface area contributed by atoms with Gasteiger partial charge in [0.25, 0.3) is 5.56 Å². The summed E-state index contributed by atoms with van der Waals surface area (Å²) in [4.78, 5) is 42.0. The summed E-state index contributed by atoms with van der Waals surface area (Å²) < 4.78 is 17.2. The van der Waals surface area contributed by atoms with Crippen LogP contribution in [0.15, 0.2) is 21.9 Å². The van der Waals surface area contributed by atoms with E-state index in [9.17, 15) is 34.8 Å². The minimum Gasteiger partial charge on any atom is -0.456 e. The molecule has 0 saturated carbocycles. The van der Waals surface area contributed by atoms with Crippen molar-refractivity contribution in [2.75, 3.05) is 13.2 Å². The fraction of sp³-hybridized carbons (Fsp3) is 0.688. The maximum Gasteiger partial charge on any atom is 0.330 e.